The van der Waals surface area contributed by atoms with Crippen LogP contribution in [0.15, 0.2) is 0 Å². The SMILES string of the molecule is CO[C@@H](C)[C@H]1N(C)CC[C@]12CC2(F)F. The Kier molecular flexibility index (Phi) is 2.13. The third-order valence-corrected chi connectivity index (χ3v) is 3.91. The molecule has 1 aliphatic carbocycles. The zero-order valence-electron chi connectivity index (χ0n) is 8.89. The molecule has 0 unspecified atom stereocenters. The van der Waals surface area contributed by atoms with Crippen molar-refractivity contribution in [2.24, 2.45) is 5.41 Å². The first-order valence-electron chi connectivity index (χ1n) is 5.05. The van der Waals surface area contributed by atoms with Crippen LogP contribution in [0.2, 0.25) is 0 Å². The second-order valence-electron chi connectivity index (χ2n) is 4.65. The second kappa shape index (κ2) is 2.89. The smallest absolute Gasteiger partial charge is 0.256 e. The number of nitrogens with zero attached hydrogens (tertiary/aromatic N) is 1. The maximum absolute atomic E-state index is 13.3. The fourth-order valence-corrected chi connectivity index (χ4v) is 2.97. The molecule has 3 atom stereocenters. The molecule has 14 heavy (non-hydrogen) atoms. The van der Waals surface area contributed by atoms with Crippen LogP contribution in [0.25, 0.3) is 0 Å². The number of hydrogen-bond acceptors (Lipinski definition) is 2. The van der Waals surface area contributed by atoms with Gasteiger partial charge in [-0.05, 0) is 26.9 Å². The summed E-state index contributed by atoms with van der Waals surface area (Å²) in [7, 11) is 3.49. The van der Waals surface area contributed by atoms with Gasteiger partial charge in [-0.25, -0.2) is 8.78 Å². The highest BCUT2D eigenvalue weighted by Gasteiger charge is 2.77. The number of methoxy groups -OCH3 is 1. The highest BCUT2D eigenvalue weighted by molar-refractivity contribution is 5.20. The number of alkyl halides is 2. The third kappa shape index (κ3) is 1.13. The van der Waals surface area contributed by atoms with Crippen LogP contribution in [-0.4, -0.2) is 43.7 Å². The Hall–Kier alpha value is -0.220. The standard InChI is InChI=1S/C10H17F2NO/c1-7(14-3)8-9(4-5-13(8)2)6-10(9,11)12/h7-8H,4-6H2,1-3H3/t7-,8+,9-/m0/s1. The lowest BCUT2D eigenvalue weighted by Gasteiger charge is -2.29. The summed E-state index contributed by atoms with van der Waals surface area (Å²) in [6.45, 7) is 2.64. The molecule has 1 aliphatic heterocycles. The van der Waals surface area contributed by atoms with Gasteiger partial charge in [0.2, 0.25) is 0 Å². The Bertz CT molecular complexity index is 246. The van der Waals surface area contributed by atoms with E-state index in [2.05, 4.69) is 0 Å². The molecule has 2 rings (SSSR count). The number of rotatable bonds is 2. The van der Waals surface area contributed by atoms with Crippen LogP contribution in [-0.2, 0) is 4.74 Å². The first-order chi connectivity index (χ1) is 6.44. The van der Waals surface area contributed by atoms with Crippen molar-refractivity contribution in [3.05, 3.63) is 0 Å². The zero-order chi connectivity index (χ0) is 10.6. The molecule has 1 heterocycles. The Morgan fingerprint density at radius 2 is 2.07 bits per heavy atom. The van der Waals surface area contributed by atoms with Gasteiger partial charge in [-0.1, -0.05) is 0 Å². The van der Waals surface area contributed by atoms with Crippen molar-refractivity contribution in [3.63, 3.8) is 0 Å². The van der Waals surface area contributed by atoms with E-state index in [0.29, 0.717) is 6.42 Å². The van der Waals surface area contributed by atoms with Gasteiger partial charge in [0, 0.05) is 19.6 Å². The van der Waals surface area contributed by atoms with E-state index in [9.17, 15) is 8.78 Å². The fraction of sp³-hybridized carbons (Fsp3) is 1.00. The fourth-order valence-electron chi connectivity index (χ4n) is 2.97. The van der Waals surface area contributed by atoms with Crippen LogP contribution in [0.4, 0.5) is 8.78 Å². The molecule has 0 aromatic heterocycles. The van der Waals surface area contributed by atoms with Gasteiger partial charge in [0.1, 0.15) is 0 Å². The van der Waals surface area contributed by atoms with Crippen LogP contribution in [0.5, 0.6) is 0 Å². The molecular weight excluding hydrogens is 188 g/mol. The summed E-state index contributed by atoms with van der Waals surface area (Å²) in [6.07, 6.45) is 0.535. The van der Waals surface area contributed by atoms with E-state index in [0.717, 1.165) is 6.54 Å². The first kappa shape index (κ1) is 10.3. The predicted molar refractivity (Wildman–Crippen MR) is 49.5 cm³/mol. The predicted octanol–water partition coefficient (Wildman–Crippen LogP) is 1.75. The normalized spacial score (nSPS) is 43.1. The van der Waals surface area contributed by atoms with Gasteiger partial charge in [0.25, 0.3) is 5.92 Å². The molecular formula is C10H17F2NO. The Morgan fingerprint density at radius 3 is 2.50 bits per heavy atom. The van der Waals surface area contributed by atoms with E-state index in [4.69, 9.17) is 4.74 Å². The minimum Gasteiger partial charge on any atom is -0.380 e. The van der Waals surface area contributed by atoms with Gasteiger partial charge in [0.05, 0.1) is 11.5 Å². The van der Waals surface area contributed by atoms with Crippen molar-refractivity contribution in [1.82, 2.24) is 4.90 Å². The summed E-state index contributed by atoms with van der Waals surface area (Å²) in [4.78, 5) is 2.01. The van der Waals surface area contributed by atoms with Crippen molar-refractivity contribution < 1.29 is 13.5 Å². The minimum atomic E-state index is -2.46. The van der Waals surface area contributed by atoms with E-state index in [1.165, 1.54) is 0 Å². The topological polar surface area (TPSA) is 12.5 Å². The molecule has 2 fully saturated rings. The van der Waals surface area contributed by atoms with Crippen LogP contribution in [0, 0.1) is 5.41 Å². The van der Waals surface area contributed by atoms with Crippen LogP contribution < -0.4 is 0 Å². The van der Waals surface area contributed by atoms with Gasteiger partial charge in [-0.3, -0.25) is 0 Å². The number of likely N-dealkylation sites (N-methyl/N-ethyl adjacent to an activating group) is 1. The van der Waals surface area contributed by atoms with Gasteiger partial charge >= 0.3 is 0 Å². The number of likely N-dealkylation sites (tertiary alicyclic amines) is 1. The van der Waals surface area contributed by atoms with Crippen molar-refractivity contribution in [2.45, 2.75) is 37.8 Å². The summed E-state index contributed by atoms with van der Waals surface area (Å²) in [6, 6.07) is -0.123. The second-order valence-corrected chi connectivity index (χ2v) is 4.65. The minimum absolute atomic E-state index is 0.0444. The lowest BCUT2D eigenvalue weighted by atomic mass is 9.92. The van der Waals surface area contributed by atoms with Gasteiger partial charge in [0.15, 0.2) is 0 Å². The molecule has 0 aromatic rings. The molecule has 2 nitrogen and oxygen atoms in total. The molecule has 1 saturated heterocycles. The molecule has 0 bridgehead atoms. The monoisotopic (exact) mass is 205 g/mol. The summed E-state index contributed by atoms with van der Waals surface area (Å²) < 4.78 is 31.9. The van der Waals surface area contributed by atoms with Crippen molar-refractivity contribution >= 4 is 0 Å². The Balaban J connectivity index is 2.20. The first-order valence-corrected chi connectivity index (χ1v) is 5.05. The Labute approximate surface area is 83.2 Å². The molecule has 82 valence electrons. The van der Waals surface area contributed by atoms with E-state index in [1.54, 1.807) is 7.11 Å². The Morgan fingerprint density at radius 1 is 1.50 bits per heavy atom. The van der Waals surface area contributed by atoms with Crippen LogP contribution in [0.3, 0.4) is 0 Å². The highest BCUT2D eigenvalue weighted by atomic mass is 19.3. The van der Waals surface area contributed by atoms with Crippen LogP contribution >= 0.6 is 0 Å². The molecule has 4 heteroatoms. The molecule has 0 amide bonds. The average molecular weight is 205 g/mol. The van der Waals surface area contributed by atoms with Gasteiger partial charge in [-0.15, -0.1) is 0 Å². The lowest BCUT2D eigenvalue weighted by Crippen LogP contribution is -2.42. The largest absolute Gasteiger partial charge is 0.380 e. The van der Waals surface area contributed by atoms with Crippen molar-refractivity contribution in [2.75, 3.05) is 20.7 Å². The number of halogens is 2. The average Bonchev–Trinajstić information content (AvgIpc) is 2.47. The summed E-state index contributed by atoms with van der Waals surface area (Å²) >= 11 is 0. The van der Waals surface area contributed by atoms with Crippen LogP contribution in [0.1, 0.15) is 19.8 Å². The highest BCUT2D eigenvalue weighted by Crippen LogP contribution is 2.68. The molecule has 0 radical (unpaired) electrons. The molecule has 1 saturated carbocycles. The van der Waals surface area contributed by atoms with Gasteiger partial charge < -0.3 is 9.64 Å². The molecule has 0 N–H and O–H groups in total. The molecule has 0 aromatic carbocycles. The summed E-state index contributed by atoms with van der Waals surface area (Å²) in [5, 5.41) is 0. The van der Waals surface area contributed by atoms with E-state index >= 15 is 0 Å². The van der Waals surface area contributed by atoms with E-state index in [1.807, 2.05) is 18.9 Å². The number of ether oxygens (including phenoxy) is 1. The summed E-state index contributed by atoms with van der Waals surface area (Å²) in [5.74, 6) is -2.46. The van der Waals surface area contributed by atoms with E-state index in [-0.39, 0.29) is 18.6 Å². The third-order valence-electron chi connectivity index (χ3n) is 3.91. The maximum atomic E-state index is 13.3. The van der Waals surface area contributed by atoms with Crippen molar-refractivity contribution in [1.29, 1.82) is 0 Å². The lowest BCUT2D eigenvalue weighted by molar-refractivity contribution is -0.00992. The number of hydrogen-bond donors (Lipinski definition) is 0. The van der Waals surface area contributed by atoms with Gasteiger partial charge in [-0.2, -0.15) is 0 Å². The maximum Gasteiger partial charge on any atom is 0.256 e. The zero-order valence-corrected chi connectivity index (χ0v) is 8.89. The van der Waals surface area contributed by atoms with Crippen molar-refractivity contribution in [3.8, 4) is 0 Å². The molecule has 1 spiro atoms. The quantitative estimate of drug-likeness (QED) is 0.681. The van der Waals surface area contributed by atoms with E-state index < -0.39 is 11.3 Å². The summed E-state index contributed by atoms with van der Waals surface area (Å²) in [5.41, 5.74) is -0.781. The molecule has 2 aliphatic rings.